The van der Waals surface area contributed by atoms with Gasteiger partial charge >= 0.3 is 11.8 Å². The van der Waals surface area contributed by atoms with E-state index in [1.165, 1.54) is 11.8 Å². The van der Waals surface area contributed by atoms with Gasteiger partial charge in [0.2, 0.25) is 0 Å². The topological polar surface area (TPSA) is 86.3 Å². The molecule has 138 valence electrons. The van der Waals surface area contributed by atoms with E-state index in [1.807, 2.05) is 12.1 Å². The Balaban J connectivity index is 1.42. The lowest BCUT2D eigenvalue weighted by Crippen LogP contribution is -2.33. The van der Waals surface area contributed by atoms with Crippen molar-refractivity contribution in [3.63, 3.8) is 0 Å². The first-order valence-electron chi connectivity index (χ1n) is 8.75. The van der Waals surface area contributed by atoms with E-state index in [-0.39, 0.29) is 5.82 Å². The van der Waals surface area contributed by atoms with Gasteiger partial charge in [0.25, 0.3) is 0 Å². The molecule has 27 heavy (non-hydrogen) atoms. The van der Waals surface area contributed by atoms with Crippen LogP contribution in [0.25, 0.3) is 11.1 Å². The van der Waals surface area contributed by atoms with Crippen molar-refractivity contribution in [2.45, 2.75) is 13.1 Å². The fourth-order valence-corrected chi connectivity index (χ4v) is 3.14. The van der Waals surface area contributed by atoms with Crippen molar-refractivity contribution in [1.29, 1.82) is 0 Å². The van der Waals surface area contributed by atoms with Gasteiger partial charge in [-0.1, -0.05) is 24.3 Å². The summed E-state index contributed by atoms with van der Waals surface area (Å²) in [5.41, 5.74) is 3.52. The summed E-state index contributed by atoms with van der Waals surface area (Å²) in [5, 5.41) is 10.9. The molecule has 0 aliphatic carbocycles. The van der Waals surface area contributed by atoms with Gasteiger partial charge in [-0.3, -0.25) is 14.5 Å². The summed E-state index contributed by atoms with van der Waals surface area (Å²) >= 11 is 0. The average Bonchev–Trinajstić information content (AvgIpc) is 3.08. The highest BCUT2D eigenvalue weighted by Crippen LogP contribution is 2.21. The maximum atomic E-state index is 10.9. The molecule has 1 aromatic carbocycles. The Bertz CT molecular complexity index is 924. The minimum Gasteiger partial charge on any atom is -0.444 e. The van der Waals surface area contributed by atoms with Crippen LogP contribution in [0.15, 0.2) is 55.0 Å². The molecule has 1 aliphatic heterocycles. The van der Waals surface area contributed by atoms with Crippen LogP contribution in [0.5, 0.6) is 6.01 Å². The van der Waals surface area contributed by atoms with E-state index in [9.17, 15) is 10.1 Å². The summed E-state index contributed by atoms with van der Waals surface area (Å²) in [7, 11) is 0. The largest absolute Gasteiger partial charge is 0.444 e. The summed E-state index contributed by atoms with van der Waals surface area (Å²) < 4.78 is 7.31. The third-order valence-corrected chi connectivity index (χ3v) is 4.58. The van der Waals surface area contributed by atoms with Crippen LogP contribution in [0.4, 0.5) is 5.82 Å². The molecule has 0 amide bonds. The number of rotatable bonds is 4. The maximum absolute atomic E-state index is 10.9. The number of fused-ring (bicyclic) bond motifs is 1. The number of nitrogens with zero attached hydrogens (tertiary/aromatic N) is 5. The normalized spacial score (nSPS) is 14.7. The Hall–Kier alpha value is -3.26. The fourth-order valence-electron chi connectivity index (χ4n) is 3.14. The zero-order valence-corrected chi connectivity index (χ0v) is 14.7. The molecule has 0 bridgehead atoms. The van der Waals surface area contributed by atoms with Gasteiger partial charge in [0.1, 0.15) is 12.8 Å². The summed E-state index contributed by atoms with van der Waals surface area (Å²) in [6.07, 6.45) is 5.01. The van der Waals surface area contributed by atoms with Crippen LogP contribution < -0.4 is 4.74 Å². The summed E-state index contributed by atoms with van der Waals surface area (Å²) in [6.45, 7) is 3.36. The molecule has 0 radical (unpaired) electrons. The molecule has 2 aromatic heterocycles. The van der Waals surface area contributed by atoms with E-state index in [4.69, 9.17) is 4.74 Å². The maximum Gasteiger partial charge on any atom is 0.414 e. The lowest BCUT2D eigenvalue weighted by atomic mass is 10.1. The molecule has 0 fully saturated rings. The van der Waals surface area contributed by atoms with E-state index >= 15 is 0 Å². The van der Waals surface area contributed by atoms with Gasteiger partial charge < -0.3 is 14.9 Å². The highest BCUT2D eigenvalue weighted by molar-refractivity contribution is 5.62. The van der Waals surface area contributed by atoms with Gasteiger partial charge in [-0.2, -0.15) is 0 Å². The highest BCUT2D eigenvalue weighted by Gasteiger charge is 2.22. The standard InChI is InChI=1S/C19H19N5O3/c25-24(26)18-14-23-10-9-22(11-12-27-19(23)21-18)13-15-1-3-16(4-2-15)17-5-7-20-8-6-17/h1-8,14H,9-13H2. The molecule has 0 atom stereocenters. The number of nitro groups is 1. The second kappa shape index (κ2) is 7.55. The lowest BCUT2D eigenvalue weighted by molar-refractivity contribution is -0.389. The number of imidazole rings is 1. The van der Waals surface area contributed by atoms with Gasteiger partial charge in [-0.15, -0.1) is 0 Å². The zero-order chi connectivity index (χ0) is 18.6. The Morgan fingerprint density at radius 2 is 1.78 bits per heavy atom. The van der Waals surface area contributed by atoms with Crippen molar-refractivity contribution >= 4 is 5.82 Å². The zero-order valence-electron chi connectivity index (χ0n) is 14.7. The van der Waals surface area contributed by atoms with Crippen molar-refractivity contribution in [2.24, 2.45) is 0 Å². The molecule has 3 heterocycles. The van der Waals surface area contributed by atoms with Gasteiger partial charge in [0.15, 0.2) is 0 Å². The molecule has 0 saturated carbocycles. The van der Waals surface area contributed by atoms with E-state index in [0.29, 0.717) is 19.2 Å². The first-order valence-corrected chi connectivity index (χ1v) is 8.75. The van der Waals surface area contributed by atoms with Crippen LogP contribution in [0.1, 0.15) is 5.56 Å². The third-order valence-electron chi connectivity index (χ3n) is 4.58. The monoisotopic (exact) mass is 365 g/mol. The highest BCUT2D eigenvalue weighted by atomic mass is 16.6. The number of hydrogen-bond donors (Lipinski definition) is 0. The average molecular weight is 365 g/mol. The molecule has 0 spiro atoms. The van der Waals surface area contributed by atoms with Crippen molar-refractivity contribution in [1.82, 2.24) is 19.4 Å². The summed E-state index contributed by atoms with van der Waals surface area (Å²) in [4.78, 5) is 20.6. The molecule has 4 rings (SSSR count). The van der Waals surface area contributed by atoms with Crippen LogP contribution in [0.2, 0.25) is 0 Å². The molecular formula is C19H19N5O3. The van der Waals surface area contributed by atoms with Crippen LogP contribution in [0.3, 0.4) is 0 Å². The smallest absolute Gasteiger partial charge is 0.414 e. The Labute approximate surface area is 156 Å². The fraction of sp³-hybridized carbons (Fsp3) is 0.263. The molecule has 0 N–H and O–H groups in total. The molecule has 8 heteroatoms. The number of aromatic nitrogens is 3. The van der Waals surface area contributed by atoms with Gasteiger partial charge in [-0.05, 0) is 33.7 Å². The third kappa shape index (κ3) is 3.95. The first-order chi connectivity index (χ1) is 13.2. The molecule has 8 nitrogen and oxygen atoms in total. The van der Waals surface area contributed by atoms with E-state index in [2.05, 4.69) is 39.1 Å². The lowest BCUT2D eigenvalue weighted by Gasteiger charge is -2.24. The van der Waals surface area contributed by atoms with Crippen LogP contribution in [0, 0.1) is 10.1 Å². The van der Waals surface area contributed by atoms with E-state index in [1.54, 1.807) is 17.0 Å². The van der Waals surface area contributed by atoms with Crippen molar-refractivity contribution in [2.75, 3.05) is 19.7 Å². The van der Waals surface area contributed by atoms with E-state index < -0.39 is 4.92 Å². The predicted octanol–water partition coefficient (Wildman–Crippen LogP) is 2.75. The Kier molecular flexibility index (Phi) is 4.80. The number of benzene rings is 1. The molecule has 0 saturated heterocycles. The summed E-state index contributed by atoms with van der Waals surface area (Å²) in [5.74, 6) is -0.176. The molecular weight excluding hydrogens is 346 g/mol. The summed E-state index contributed by atoms with van der Waals surface area (Å²) in [6, 6.07) is 12.8. The van der Waals surface area contributed by atoms with Crippen LogP contribution >= 0.6 is 0 Å². The molecule has 3 aromatic rings. The van der Waals surface area contributed by atoms with Gasteiger partial charge in [-0.25, -0.2) is 0 Å². The van der Waals surface area contributed by atoms with Gasteiger partial charge in [0.05, 0.1) is 0 Å². The first kappa shape index (κ1) is 17.2. The minimum absolute atomic E-state index is 0.176. The van der Waals surface area contributed by atoms with Crippen LogP contribution in [-0.4, -0.2) is 44.1 Å². The molecule has 1 aliphatic rings. The van der Waals surface area contributed by atoms with Crippen molar-refractivity contribution in [3.8, 4) is 17.1 Å². The van der Waals surface area contributed by atoms with E-state index in [0.717, 1.165) is 30.8 Å². The Morgan fingerprint density at radius 3 is 2.52 bits per heavy atom. The SMILES string of the molecule is O=[N+]([O-])c1cn2c(n1)OCCN(Cc1ccc(-c3ccncc3)cc1)CC2. The number of pyridine rings is 1. The Morgan fingerprint density at radius 1 is 1.04 bits per heavy atom. The second-order valence-corrected chi connectivity index (χ2v) is 6.39. The van der Waals surface area contributed by atoms with Crippen molar-refractivity contribution < 1.29 is 9.66 Å². The van der Waals surface area contributed by atoms with Crippen LogP contribution in [-0.2, 0) is 13.1 Å². The number of ether oxygens (including phenoxy) is 1. The number of hydrogen-bond acceptors (Lipinski definition) is 6. The van der Waals surface area contributed by atoms with Crippen molar-refractivity contribution in [3.05, 3.63) is 70.7 Å². The predicted molar refractivity (Wildman–Crippen MR) is 99.3 cm³/mol. The minimum atomic E-state index is -0.497. The molecule has 0 unspecified atom stereocenters. The van der Waals surface area contributed by atoms with Gasteiger partial charge in [0, 0.05) is 43.6 Å². The second-order valence-electron chi connectivity index (χ2n) is 6.39. The quantitative estimate of drug-likeness (QED) is 0.522.